The minimum absolute atomic E-state index is 0.205. The van der Waals surface area contributed by atoms with Gasteiger partial charge in [-0.15, -0.1) is 0 Å². The Morgan fingerprint density at radius 1 is 1.21 bits per heavy atom. The molecule has 4 nitrogen and oxygen atoms in total. The predicted octanol–water partition coefficient (Wildman–Crippen LogP) is 3.06. The second kappa shape index (κ2) is 6.54. The fraction of sp³-hybridized carbons (Fsp3) is 0.154. The number of benzene rings is 1. The summed E-state index contributed by atoms with van der Waals surface area (Å²) in [5, 5.41) is 1.23. The summed E-state index contributed by atoms with van der Waals surface area (Å²) >= 11 is 7.07. The summed E-state index contributed by atoms with van der Waals surface area (Å²) in [6.07, 6.45) is 3.44. The van der Waals surface area contributed by atoms with Crippen LogP contribution in [0.25, 0.3) is 11.1 Å². The van der Waals surface area contributed by atoms with Gasteiger partial charge in [0, 0.05) is 23.0 Å². The maximum Gasteiger partial charge on any atom is 0.316 e. The minimum Gasteiger partial charge on any atom is -0.468 e. The van der Waals surface area contributed by atoms with E-state index in [0.717, 1.165) is 11.1 Å². The highest BCUT2D eigenvalue weighted by Gasteiger charge is 2.05. The van der Waals surface area contributed by atoms with Gasteiger partial charge in [-0.2, -0.15) is 0 Å². The molecule has 0 aliphatic rings. The Morgan fingerprint density at radius 3 is 2.42 bits per heavy atom. The zero-order valence-corrected chi connectivity index (χ0v) is 11.7. The Labute approximate surface area is 120 Å². The van der Waals surface area contributed by atoms with Crippen LogP contribution in [-0.2, 0) is 9.53 Å². The van der Waals surface area contributed by atoms with Gasteiger partial charge in [0.1, 0.15) is 0 Å². The number of nitrogens with zero attached hydrogens (tertiary/aromatic N) is 2. The highest BCUT2D eigenvalue weighted by molar-refractivity contribution is 7.99. The van der Waals surface area contributed by atoms with Crippen LogP contribution in [0.15, 0.2) is 41.8 Å². The van der Waals surface area contributed by atoms with Crippen LogP contribution in [0.5, 0.6) is 0 Å². The fourth-order valence-corrected chi connectivity index (χ4v) is 2.11. The second-order valence-electron chi connectivity index (χ2n) is 3.63. The molecule has 1 aromatic carbocycles. The molecule has 2 rings (SSSR count). The van der Waals surface area contributed by atoms with E-state index in [0.29, 0.717) is 10.2 Å². The molecule has 0 saturated carbocycles. The van der Waals surface area contributed by atoms with Crippen molar-refractivity contribution >= 4 is 29.3 Å². The number of ether oxygens (including phenoxy) is 1. The summed E-state index contributed by atoms with van der Waals surface area (Å²) in [5.74, 6) is -0.0908. The molecule has 1 aromatic heterocycles. The largest absolute Gasteiger partial charge is 0.468 e. The Balaban J connectivity index is 2.06. The molecule has 0 aliphatic heterocycles. The summed E-state index contributed by atoms with van der Waals surface area (Å²) < 4.78 is 4.55. The Kier molecular flexibility index (Phi) is 4.76. The summed E-state index contributed by atoms with van der Waals surface area (Å²) in [6.45, 7) is 0. The van der Waals surface area contributed by atoms with Crippen molar-refractivity contribution in [2.45, 2.75) is 5.16 Å². The first-order chi connectivity index (χ1) is 9.19. The van der Waals surface area contributed by atoms with E-state index in [4.69, 9.17) is 11.6 Å². The van der Waals surface area contributed by atoms with Gasteiger partial charge >= 0.3 is 5.97 Å². The molecule has 0 fully saturated rings. The van der Waals surface area contributed by atoms with E-state index in [-0.39, 0.29) is 11.7 Å². The highest BCUT2D eigenvalue weighted by atomic mass is 35.5. The second-order valence-corrected chi connectivity index (χ2v) is 5.00. The first-order valence-corrected chi connectivity index (χ1v) is 6.83. The lowest BCUT2D eigenvalue weighted by Gasteiger charge is -2.02. The Morgan fingerprint density at radius 2 is 1.84 bits per heavy atom. The minimum atomic E-state index is -0.296. The molecule has 0 saturated heterocycles. The normalized spacial score (nSPS) is 10.2. The van der Waals surface area contributed by atoms with Crippen molar-refractivity contribution in [1.82, 2.24) is 9.97 Å². The molecule has 0 unspecified atom stereocenters. The van der Waals surface area contributed by atoms with Crippen LogP contribution in [-0.4, -0.2) is 28.8 Å². The van der Waals surface area contributed by atoms with E-state index >= 15 is 0 Å². The van der Waals surface area contributed by atoms with Crippen LogP contribution in [0.3, 0.4) is 0 Å². The van der Waals surface area contributed by atoms with Gasteiger partial charge in [0.25, 0.3) is 0 Å². The number of thioether (sulfide) groups is 1. The van der Waals surface area contributed by atoms with Crippen molar-refractivity contribution in [2.75, 3.05) is 12.9 Å². The lowest BCUT2D eigenvalue weighted by atomic mass is 10.1. The predicted molar refractivity (Wildman–Crippen MR) is 75.2 cm³/mol. The number of esters is 1. The van der Waals surface area contributed by atoms with Gasteiger partial charge in [-0.3, -0.25) is 4.79 Å². The molecule has 1 heterocycles. The molecule has 0 spiro atoms. The van der Waals surface area contributed by atoms with Crippen molar-refractivity contribution < 1.29 is 9.53 Å². The third kappa shape index (κ3) is 3.94. The van der Waals surface area contributed by atoms with E-state index in [2.05, 4.69) is 14.7 Å². The summed E-state index contributed by atoms with van der Waals surface area (Å²) in [5.41, 5.74) is 1.90. The zero-order valence-electron chi connectivity index (χ0n) is 10.2. The molecule has 2 aromatic rings. The highest BCUT2D eigenvalue weighted by Crippen LogP contribution is 2.21. The first-order valence-electron chi connectivity index (χ1n) is 5.46. The molecular weight excluding hydrogens is 284 g/mol. The van der Waals surface area contributed by atoms with E-state index in [9.17, 15) is 4.79 Å². The van der Waals surface area contributed by atoms with Crippen molar-refractivity contribution in [1.29, 1.82) is 0 Å². The number of carbonyl (C=O) groups is 1. The number of rotatable bonds is 4. The van der Waals surface area contributed by atoms with Crippen LogP contribution < -0.4 is 0 Å². The van der Waals surface area contributed by atoms with E-state index in [1.807, 2.05) is 24.3 Å². The number of methoxy groups -OCH3 is 1. The molecule has 19 heavy (non-hydrogen) atoms. The molecule has 6 heteroatoms. The van der Waals surface area contributed by atoms with Gasteiger partial charge in [-0.05, 0) is 17.7 Å². The number of aromatic nitrogens is 2. The Bertz CT molecular complexity index is 558. The average Bonchev–Trinajstić information content (AvgIpc) is 2.46. The molecule has 0 amide bonds. The molecule has 0 atom stereocenters. The van der Waals surface area contributed by atoms with Gasteiger partial charge < -0.3 is 4.74 Å². The lowest BCUT2D eigenvalue weighted by Crippen LogP contribution is -2.03. The third-order valence-electron chi connectivity index (χ3n) is 2.35. The van der Waals surface area contributed by atoms with Gasteiger partial charge in [-0.25, -0.2) is 9.97 Å². The molecule has 0 radical (unpaired) electrons. The van der Waals surface area contributed by atoms with Crippen LogP contribution in [0.2, 0.25) is 5.02 Å². The first kappa shape index (κ1) is 13.8. The van der Waals surface area contributed by atoms with Crippen molar-refractivity contribution in [3.8, 4) is 11.1 Å². The number of carbonyl (C=O) groups excluding carboxylic acids is 1. The third-order valence-corrected chi connectivity index (χ3v) is 3.45. The number of halogens is 1. The van der Waals surface area contributed by atoms with Crippen LogP contribution in [0, 0.1) is 0 Å². The summed E-state index contributed by atoms with van der Waals surface area (Å²) in [6, 6.07) is 7.44. The maximum atomic E-state index is 11.0. The Hall–Kier alpha value is -1.59. The van der Waals surface area contributed by atoms with Crippen LogP contribution in [0.1, 0.15) is 0 Å². The molecule has 0 aliphatic carbocycles. The van der Waals surface area contributed by atoms with Crippen molar-refractivity contribution in [2.24, 2.45) is 0 Å². The quantitative estimate of drug-likeness (QED) is 0.493. The van der Waals surface area contributed by atoms with Gasteiger partial charge in [0.15, 0.2) is 5.16 Å². The van der Waals surface area contributed by atoms with E-state index < -0.39 is 0 Å². The van der Waals surface area contributed by atoms with Crippen molar-refractivity contribution in [3.63, 3.8) is 0 Å². The fourth-order valence-electron chi connectivity index (χ4n) is 1.36. The molecular formula is C13H11ClN2O2S. The zero-order chi connectivity index (χ0) is 13.7. The van der Waals surface area contributed by atoms with Crippen molar-refractivity contribution in [3.05, 3.63) is 41.7 Å². The topological polar surface area (TPSA) is 52.1 Å². The molecule has 0 bridgehead atoms. The standard InChI is InChI=1S/C13H11ClN2O2S/c1-18-12(17)8-19-13-15-6-10(7-16-13)9-2-4-11(14)5-3-9/h2-7H,8H2,1H3. The number of hydrogen-bond donors (Lipinski definition) is 0. The van der Waals surface area contributed by atoms with Gasteiger partial charge in [-0.1, -0.05) is 35.5 Å². The molecule has 98 valence electrons. The van der Waals surface area contributed by atoms with E-state index in [1.54, 1.807) is 12.4 Å². The SMILES string of the molecule is COC(=O)CSc1ncc(-c2ccc(Cl)cc2)cn1. The smallest absolute Gasteiger partial charge is 0.316 e. The van der Waals surface area contributed by atoms with Crippen LogP contribution in [0.4, 0.5) is 0 Å². The summed E-state index contributed by atoms with van der Waals surface area (Å²) in [4.78, 5) is 19.4. The maximum absolute atomic E-state index is 11.0. The summed E-state index contributed by atoms with van der Waals surface area (Å²) in [7, 11) is 1.35. The monoisotopic (exact) mass is 294 g/mol. The average molecular weight is 295 g/mol. The van der Waals surface area contributed by atoms with E-state index in [1.165, 1.54) is 18.9 Å². The van der Waals surface area contributed by atoms with Gasteiger partial charge in [0.2, 0.25) is 0 Å². The number of hydrogen-bond acceptors (Lipinski definition) is 5. The van der Waals surface area contributed by atoms with Gasteiger partial charge in [0.05, 0.1) is 12.9 Å². The lowest BCUT2D eigenvalue weighted by molar-refractivity contribution is -0.137. The van der Waals surface area contributed by atoms with Crippen LogP contribution >= 0.6 is 23.4 Å². The molecule has 0 N–H and O–H groups in total.